The molecule has 152 valence electrons. The van der Waals surface area contributed by atoms with Gasteiger partial charge >= 0.3 is 0 Å². The summed E-state index contributed by atoms with van der Waals surface area (Å²) in [6.07, 6.45) is 2.70. The first-order valence-electron chi connectivity index (χ1n) is 9.38. The molecule has 0 spiro atoms. The largest absolute Gasteiger partial charge is 0.497 e. The van der Waals surface area contributed by atoms with Gasteiger partial charge in [-0.05, 0) is 54.0 Å². The van der Waals surface area contributed by atoms with Crippen LogP contribution in [0.25, 0.3) is 5.69 Å². The summed E-state index contributed by atoms with van der Waals surface area (Å²) in [5.41, 5.74) is 3.47. The Balaban J connectivity index is 1.54. The second-order valence-electron chi connectivity index (χ2n) is 6.90. The number of nitrogens with zero attached hydrogens (tertiary/aromatic N) is 4. The number of benzene rings is 2. The SMILES string of the molecule is COc1cccc(-n2cnn(CN3CCc4cc(OC)c(OC)cc4C3)c2=S)c1. The minimum absolute atomic E-state index is 0.629. The van der Waals surface area contributed by atoms with Crippen LogP contribution < -0.4 is 14.2 Å². The Hall–Kier alpha value is -2.84. The summed E-state index contributed by atoms with van der Waals surface area (Å²) in [7, 11) is 4.98. The first kappa shape index (κ1) is 19.5. The molecule has 0 radical (unpaired) electrons. The van der Waals surface area contributed by atoms with E-state index >= 15 is 0 Å². The van der Waals surface area contributed by atoms with Crippen LogP contribution in [0.1, 0.15) is 11.1 Å². The van der Waals surface area contributed by atoms with Crippen LogP contribution in [-0.2, 0) is 19.6 Å². The van der Waals surface area contributed by atoms with Crippen LogP contribution in [0.5, 0.6) is 17.2 Å². The molecule has 0 unspecified atom stereocenters. The van der Waals surface area contributed by atoms with Gasteiger partial charge in [0.05, 0.1) is 33.7 Å². The van der Waals surface area contributed by atoms with Gasteiger partial charge in [-0.1, -0.05) is 6.07 Å². The van der Waals surface area contributed by atoms with Gasteiger partial charge in [0, 0.05) is 19.2 Å². The maximum absolute atomic E-state index is 5.66. The lowest BCUT2D eigenvalue weighted by atomic mass is 9.99. The van der Waals surface area contributed by atoms with E-state index in [2.05, 4.69) is 22.1 Å². The zero-order valence-corrected chi connectivity index (χ0v) is 17.6. The number of fused-ring (bicyclic) bond motifs is 1. The number of rotatable bonds is 6. The molecular formula is C21H24N4O3S. The lowest BCUT2D eigenvalue weighted by Crippen LogP contribution is -2.32. The summed E-state index contributed by atoms with van der Waals surface area (Å²) in [6, 6.07) is 11.9. The molecule has 1 aliphatic heterocycles. The third-order valence-corrected chi connectivity index (χ3v) is 5.60. The maximum atomic E-state index is 5.66. The highest BCUT2D eigenvalue weighted by molar-refractivity contribution is 7.71. The zero-order chi connectivity index (χ0) is 20.4. The van der Waals surface area contributed by atoms with Gasteiger partial charge in [0.1, 0.15) is 12.1 Å². The fourth-order valence-electron chi connectivity index (χ4n) is 3.62. The van der Waals surface area contributed by atoms with Crippen molar-refractivity contribution in [3.63, 3.8) is 0 Å². The Morgan fingerprint density at radius 2 is 1.76 bits per heavy atom. The van der Waals surface area contributed by atoms with Crippen LogP contribution in [0.4, 0.5) is 0 Å². The number of ether oxygens (including phenoxy) is 3. The molecule has 0 aliphatic carbocycles. The van der Waals surface area contributed by atoms with Gasteiger partial charge in [-0.2, -0.15) is 5.10 Å². The highest BCUT2D eigenvalue weighted by Crippen LogP contribution is 2.33. The maximum Gasteiger partial charge on any atom is 0.203 e. The quantitative estimate of drug-likeness (QED) is 0.578. The molecule has 0 fully saturated rings. The van der Waals surface area contributed by atoms with Crippen LogP contribution >= 0.6 is 12.2 Å². The lowest BCUT2D eigenvalue weighted by Gasteiger charge is -2.29. The standard InChI is InChI=1S/C21H24N4O3S/c1-26-18-6-4-5-17(11-18)24-13-22-25(21(24)29)14-23-8-7-15-9-19(27-2)20(28-3)10-16(15)12-23/h4-6,9-11,13H,7-8,12,14H2,1-3H3. The van der Waals surface area contributed by atoms with Crippen molar-refractivity contribution < 1.29 is 14.2 Å². The van der Waals surface area contributed by atoms with Gasteiger partial charge in [0.25, 0.3) is 0 Å². The first-order chi connectivity index (χ1) is 14.1. The minimum atomic E-state index is 0.629. The van der Waals surface area contributed by atoms with E-state index in [-0.39, 0.29) is 0 Å². The molecule has 1 aliphatic rings. The molecule has 0 saturated heterocycles. The molecule has 0 bridgehead atoms. The molecule has 2 heterocycles. The number of methoxy groups -OCH3 is 3. The first-order valence-corrected chi connectivity index (χ1v) is 9.78. The Kier molecular flexibility index (Phi) is 5.55. The van der Waals surface area contributed by atoms with E-state index in [0.29, 0.717) is 11.4 Å². The topological polar surface area (TPSA) is 53.7 Å². The van der Waals surface area contributed by atoms with Gasteiger partial charge in [-0.25, -0.2) is 4.68 Å². The molecule has 2 aromatic carbocycles. The summed E-state index contributed by atoms with van der Waals surface area (Å²) in [5, 5.41) is 4.51. The van der Waals surface area contributed by atoms with E-state index < -0.39 is 0 Å². The van der Waals surface area contributed by atoms with Gasteiger partial charge in [-0.15, -0.1) is 0 Å². The number of aromatic nitrogens is 3. The van der Waals surface area contributed by atoms with Crippen molar-refractivity contribution in [2.24, 2.45) is 0 Å². The Labute approximate surface area is 175 Å². The molecule has 3 aromatic rings. The van der Waals surface area contributed by atoms with E-state index in [1.165, 1.54) is 11.1 Å². The fraction of sp³-hybridized carbons (Fsp3) is 0.333. The van der Waals surface area contributed by atoms with E-state index in [9.17, 15) is 0 Å². The summed E-state index contributed by atoms with van der Waals surface area (Å²) in [4.78, 5) is 2.33. The second kappa shape index (κ2) is 8.26. The molecule has 0 amide bonds. The molecule has 0 N–H and O–H groups in total. The molecule has 29 heavy (non-hydrogen) atoms. The Morgan fingerprint density at radius 1 is 1.00 bits per heavy atom. The van der Waals surface area contributed by atoms with Gasteiger partial charge in [0.15, 0.2) is 11.5 Å². The van der Waals surface area contributed by atoms with Crippen LogP contribution in [-0.4, -0.2) is 47.1 Å². The monoisotopic (exact) mass is 412 g/mol. The van der Waals surface area contributed by atoms with Crippen molar-refractivity contribution in [1.29, 1.82) is 0 Å². The van der Waals surface area contributed by atoms with E-state index in [4.69, 9.17) is 26.4 Å². The van der Waals surface area contributed by atoms with E-state index in [0.717, 1.165) is 42.4 Å². The van der Waals surface area contributed by atoms with Crippen molar-refractivity contribution in [2.45, 2.75) is 19.6 Å². The smallest absolute Gasteiger partial charge is 0.203 e. The van der Waals surface area contributed by atoms with Gasteiger partial charge in [0.2, 0.25) is 4.77 Å². The molecule has 1 aromatic heterocycles. The average Bonchev–Trinajstić information content (AvgIpc) is 3.12. The molecule has 0 saturated carbocycles. The van der Waals surface area contributed by atoms with Gasteiger partial charge in [-0.3, -0.25) is 9.47 Å². The van der Waals surface area contributed by atoms with E-state index in [1.54, 1.807) is 27.7 Å². The summed E-state index contributed by atoms with van der Waals surface area (Å²) in [6.45, 7) is 2.36. The third kappa shape index (κ3) is 3.86. The fourth-order valence-corrected chi connectivity index (χ4v) is 3.88. The second-order valence-corrected chi connectivity index (χ2v) is 7.27. The van der Waals surface area contributed by atoms with Gasteiger partial charge < -0.3 is 14.2 Å². The highest BCUT2D eigenvalue weighted by atomic mass is 32.1. The average molecular weight is 413 g/mol. The Bertz CT molecular complexity index is 1080. The normalized spacial score (nSPS) is 13.8. The van der Waals surface area contributed by atoms with Crippen LogP contribution in [0.2, 0.25) is 0 Å². The van der Waals surface area contributed by atoms with Crippen LogP contribution in [0, 0.1) is 4.77 Å². The molecule has 0 atom stereocenters. The molecule has 4 rings (SSSR count). The van der Waals surface area contributed by atoms with Crippen molar-refractivity contribution in [3.8, 4) is 22.9 Å². The van der Waals surface area contributed by atoms with E-state index in [1.807, 2.05) is 33.5 Å². The lowest BCUT2D eigenvalue weighted by molar-refractivity contribution is 0.187. The van der Waals surface area contributed by atoms with Crippen LogP contribution in [0.3, 0.4) is 0 Å². The predicted octanol–water partition coefficient (Wildman–Crippen LogP) is 3.44. The zero-order valence-electron chi connectivity index (χ0n) is 16.8. The minimum Gasteiger partial charge on any atom is -0.497 e. The van der Waals surface area contributed by atoms with Crippen molar-refractivity contribution >= 4 is 12.2 Å². The molecule has 8 heteroatoms. The van der Waals surface area contributed by atoms with Crippen molar-refractivity contribution in [2.75, 3.05) is 27.9 Å². The summed E-state index contributed by atoms with van der Waals surface area (Å²) in [5.74, 6) is 2.32. The molecular weight excluding hydrogens is 388 g/mol. The molecule has 7 nitrogen and oxygen atoms in total. The van der Waals surface area contributed by atoms with Crippen molar-refractivity contribution in [3.05, 3.63) is 58.6 Å². The predicted molar refractivity (Wildman–Crippen MR) is 113 cm³/mol. The Morgan fingerprint density at radius 3 is 2.48 bits per heavy atom. The summed E-state index contributed by atoms with van der Waals surface area (Å²) < 4.78 is 20.6. The number of hydrogen-bond donors (Lipinski definition) is 0. The van der Waals surface area contributed by atoms with Crippen LogP contribution in [0.15, 0.2) is 42.7 Å². The third-order valence-electron chi connectivity index (χ3n) is 5.20. The number of hydrogen-bond acceptors (Lipinski definition) is 6. The van der Waals surface area contributed by atoms with Crippen molar-refractivity contribution in [1.82, 2.24) is 19.2 Å². The summed E-state index contributed by atoms with van der Waals surface area (Å²) >= 11 is 5.66. The highest BCUT2D eigenvalue weighted by Gasteiger charge is 2.20.